The zero-order valence-corrected chi connectivity index (χ0v) is 13.9. The topological polar surface area (TPSA) is 72.9 Å². The van der Waals surface area contributed by atoms with Gasteiger partial charge in [0, 0.05) is 23.9 Å². The largest absolute Gasteiger partial charge is 0.468 e. The normalized spacial score (nSPS) is 17.0. The Balaban J connectivity index is 1.91. The van der Waals surface area contributed by atoms with Crippen molar-refractivity contribution in [2.75, 3.05) is 33.1 Å². The monoisotopic (exact) mass is 337 g/mol. The van der Waals surface area contributed by atoms with Crippen LogP contribution in [0.15, 0.2) is 24.3 Å². The van der Waals surface area contributed by atoms with Crippen LogP contribution in [0.25, 0.3) is 0 Å². The van der Waals surface area contributed by atoms with Crippen LogP contribution in [0.4, 0.5) is 0 Å². The summed E-state index contributed by atoms with van der Waals surface area (Å²) in [5.41, 5.74) is 0.952. The third kappa shape index (κ3) is 4.48. The van der Waals surface area contributed by atoms with Crippen LogP contribution >= 0.6 is 11.8 Å². The molecule has 1 aromatic carbocycles. The summed E-state index contributed by atoms with van der Waals surface area (Å²) >= 11 is 1.51. The van der Waals surface area contributed by atoms with Crippen LogP contribution < -0.4 is 0 Å². The van der Waals surface area contributed by atoms with Gasteiger partial charge >= 0.3 is 11.9 Å². The maximum atomic E-state index is 12.4. The Morgan fingerprint density at radius 3 is 2.39 bits per heavy atom. The molecule has 1 unspecified atom stereocenters. The van der Waals surface area contributed by atoms with Crippen LogP contribution in [-0.4, -0.2) is 61.1 Å². The van der Waals surface area contributed by atoms with Crippen LogP contribution in [0.3, 0.4) is 0 Å². The van der Waals surface area contributed by atoms with E-state index in [1.807, 2.05) is 0 Å². The Morgan fingerprint density at radius 1 is 1.13 bits per heavy atom. The van der Waals surface area contributed by atoms with Gasteiger partial charge < -0.3 is 14.4 Å². The number of amides is 1. The van der Waals surface area contributed by atoms with Crippen molar-refractivity contribution in [3.05, 3.63) is 35.4 Å². The van der Waals surface area contributed by atoms with Gasteiger partial charge in [0.2, 0.25) is 0 Å². The van der Waals surface area contributed by atoms with Gasteiger partial charge in [-0.3, -0.25) is 9.59 Å². The van der Waals surface area contributed by atoms with E-state index in [0.29, 0.717) is 30.0 Å². The van der Waals surface area contributed by atoms with E-state index in [1.165, 1.54) is 26.0 Å². The molecule has 1 amide bonds. The first kappa shape index (κ1) is 17.3. The van der Waals surface area contributed by atoms with E-state index in [9.17, 15) is 14.4 Å². The Hall–Kier alpha value is -2.02. The summed E-state index contributed by atoms with van der Waals surface area (Å²) in [6.45, 7) is 1.27. The highest BCUT2D eigenvalue weighted by Gasteiger charge is 2.27. The molecule has 1 atom stereocenters. The summed E-state index contributed by atoms with van der Waals surface area (Å²) < 4.78 is 9.25. The number of carbonyl (C=O) groups excluding carboxylic acids is 3. The number of rotatable bonds is 5. The van der Waals surface area contributed by atoms with Gasteiger partial charge in [-0.2, -0.15) is 0 Å². The molecule has 1 saturated heterocycles. The van der Waals surface area contributed by atoms with E-state index in [-0.39, 0.29) is 17.1 Å². The van der Waals surface area contributed by atoms with Gasteiger partial charge in [0.25, 0.3) is 5.91 Å². The average molecular weight is 337 g/mol. The number of methoxy groups -OCH3 is 2. The predicted molar refractivity (Wildman–Crippen MR) is 86.6 cm³/mol. The Labute approximate surface area is 139 Å². The third-order valence-electron chi connectivity index (χ3n) is 3.65. The van der Waals surface area contributed by atoms with Crippen LogP contribution in [0.2, 0.25) is 0 Å². The van der Waals surface area contributed by atoms with E-state index < -0.39 is 5.97 Å². The zero-order chi connectivity index (χ0) is 16.8. The van der Waals surface area contributed by atoms with Gasteiger partial charge in [0.05, 0.1) is 25.5 Å². The van der Waals surface area contributed by atoms with E-state index in [0.717, 1.165) is 6.42 Å². The van der Waals surface area contributed by atoms with Crippen molar-refractivity contribution >= 4 is 29.6 Å². The molecule has 0 aliphatic carbocycles. The number of hydrogen-bond donors (Lipinski definition) is 0. The van der Waals surface area contributed by atoms with Crippen molar-refractivity contribution in [1.29, 1.82) is 0 Å². The van der Waals surface area contributed by atoms with E-state index in [2.05, 4.69) is 9.47 Å². The number of ether oxygens (including phenoxy) is 2. The van der Waals surface area contributed by atoms with Crippen LogP contribution in [-0.2, 0) is 14.3 Å². The fourth-order valence-corrected chi connectivity index (χ4v) is 3.39. The molecule has 6 nitrogen and oxygen atoms in total. The average Bonchev–Trinajstić information content (AvgIpc) is 3.07. The minimum Gasteiger partial charge on any atom is -0.468 e. The Morgan fingerprint density at radius 2 is 1.78 bits per heavy atom. The molecule has 1 fully saturated rings. The highest BCUT2D eigenvalue weighted by Crippen LogP contribution is 2.24. The fourth-order valence-electron chi connectivity index (χ4n) is 2.34. The summed E-state index contributed by atoms with van der Waals surface area (Å²) in [6.07, 6.45) is 0.855. The molecule has 1 heterocycles. The Kier molecular flexibility index (Phi) is 6.04. The van der Waals surface area contributed by atoms with Gasteiger partial charge in [-0.1, -0.05) is 0 Å². The molecule has 0 aromatic heterocycles. The number of benzene rings is 1. The first-order valence-electron chi connectivity index (χ1n) is 7.21. The van der Waals surface area contributed by atoms with Crippen LogP contribution in [0.5, 0.6) is 0 Å². The van der Waals surface area contributed by atoms with Crippen molar-refractivity contribution in [3.63, 3.8) is 0 Å². The number of thioether (sulfide) groups is 1. The second-order valence-corrected chi connectivity index (χ2v) is 6.41. The highest BCUT2D eigenvalue weighted by molar-refractivity contribution is 8.00. The Bertz CT molecular complexity index is 587. The first-order valence-corrected chi connectivity index (χ1v) is 8.26. The van der Waals surface area contributed by atoms with Gasteiger partial charge in [-0.25, -0.2) is 4.79 Å². The molecule has 0 radical (unpaired) electrons. The van der Waals surface area contributed by atoms with Gasteiger partial charge in [-0.15, -0.1) is 11.8 Å². The number of likely N-dealkylation sites (tertiary alicyclic amines) is 1. The molecule has 2 rings (SSSR count). The molecule has 0 N–H and O–H groups in total. The molecule has 124 valence electrons. The van der Waals surface area contributed by atoms with Gasteiger partial charge in [0.15, 0.2) is 0 Å². The molecule has 0 saturated carbocycles. The number of esters is 2. The summed E-state index contributed by atoms with van der Waals surface area (Å²) in [7, 11) is 2.68. The molecular weight excluding hydrogens is 318 g/mol. The summed E-state index contributed by atoms with van der Waals surface area (Å²) in [5.74, 6) is -0.443. The lowest BCUT2D eigenvalue weighted by Crippen LogP contribution is -2.29. The minimum atomic E-state index is -0.426. The first-order chi connectivity index (χ1) is 11.0. The summed E-state index contributed by atoms with van der Waals surface area (Å²) in [5, 5.41) is 0.243. The van der Waals surface area contributed by atoms with Crippen molar-refractivity contribution in [2.24, 2.45) is 0 Å². The fraction of sp³-hybridized carbons (Fsp3) is 0.438. The van der Waals surface area contributed by atoms with Crippen molar-refractivity contribution in [1.82, 2.24) is 4.90 Å². The summed E-state index contributed by atoms with van der Waals surface area (Å²) in [6, 6.07) is 6.42. The number of nitrogens with zero attached hydrogens (tertiary/aromatic N) is 1. The lowest BCUT2D eigenvalue weighted by molar-refractivity contribution is -0.137. The zero-order valence-electron chi connectivity index (χ0n) is 13.1. The van der Waals surface area contributed by atoms with Crippen LogP contribution in [0, 0.1) is 0 Å². The smallest absolute Gasteiger partial charge is 0.337 e. The van der Waals surface area contributed by atoms with Crippen molar-refractivity contribution in [3.8, 4) is 0 Å². The van der Waals surface area contributed by atoms with Gasteiger partial charge in [0.1, 0.15) is 0 Å². The standard InChI is InChI=1S/C16H19NO5S/c1-21-14(18)10-23-13-7-8-17(9-13)15(19)11-3-5-12(6-4-11)16(20)22-2/h3-6,13H,7-10H2,1-2H3. The minimum absolute atomic E-state index is 0.0671. The molecule has 0 spiro atoms. The highest BCUT2D eigenvalue weighted by atomic mass is 32.2. The summed E-state index contributed by atoms with van der Waals surface area (Å²) in [4.78, 5) is 36.8. The number of carbonyl (C=O) groups is 3. The molecule has 0 bridgehead atoms. The number of hydrogen-bond acceptors (Lipinski definition) is 6. The lowest BCUT2D eigenvalue weighted by Gasteiger charge is -2.16. The van der Waals surface area contributed by atoms with Gasteiger partial charge in [-0.05, 0) is 30.7 Å². The quantitative estimate of drug-likeness (QED) is 0.760. The van der Waals surface area contributed by atoms with Crippen molar-refractivity contribution in [2.45, 2.75) is 11.7 Å². The van der Waals surface area contributed by atoms with E-state index >= 15 is 0 Å². The molecule has 1 aliphatic rings. The second kappa shape index (κ2) is 8.01. The maximum Gasteiger partial charge on any atom is 0.337 e. The van der Waals surface area contributed by atoms with Crippen LogP contribution in [0.1, 0.15) is 27.1 Å². The third-order valence-corrected chi connectivity index (χ3v) is 4.91. The van der Waals surface area contributed by atoms with E-state index in [1.54, 1.807) is 29.2 Å². The van der Waals surface area contributed by atoms with Crippen molar-refractivity contribution < 1.29 is 23.9 Å². The molecule has 1 aromatic rings. The molecule has 1 aliphatic heterocycles. The SMILES string of the molecule is COC(=O)CSC1CCN(C(=O)c2ccc(C(=O)OC)cc2)C1. The molecular formula is C16H19NO5S. The predicted octanol–water partition coefficient (Wildman–Crippen LogP) is 1.59. The molecule has 23 heavy (non-hydrogen) atoms. The lowest BCUT2D eigenvalue weighted by atomic mass is 10.1. The van der Waals surface area contributed by atoms with E-state index in [4.69, 9.17) is 0 Å². The maximum absolute atomic E-state index is 12.4. The molecule has 7 heteroatoms. The second-order valence-electron chi connectivity index (χ2n) is 5.12.